The number of methoxy groups -OCH3 is 1. The molecule has 0 fully saturated rings. The van der Waals surface area contributed by atoms with Crippen molar-refractivity contribution in [3.05, 3.63) is 23.9 Å². The van der Waals surface area contributed by atoms with Gasteiger partial charge in [-0.2, -0.15) is 0 Å². The summed E-state index contributed by atoms with van der Waals surface area (Å²) < 4.78 is 31.0. The number of nitrogens with one attached hydrogen (secondary N) is 2. The molecule has 2 N–H and O–H groups in total. The molecule has 0 aliphatic rings. The molecule has 1 aromatic heterocycles. The lowest BCUT2D eigenvalue weighted by atomic mass is 10.3. The van der Waals surface area contributed by atoms with Crippen molar-refractivity contribution in [3.8, 4) is 5.88 Å². The van der Waals surface area contributed by atoms with Gasteiger partial charge in [-0.25, -0.2) is 18.1 Å². The van der Waals surface area contributed by atoms with E-state index >= 15 is 0 Å². The van der Waals surface area contributed by atoms with Crippen molar-refractivity contribution in [3.63, 3.8) is 0 Å². The number of hydrogen-bond donors (Lipinski definition) is 2. The second-order valence-electron chi connectivity index (χ2n) is 4.10. The highest BCUT2D eigenvalue weighted by Gasteiger charge is 2.09. The van der Waals surface area contributed by atoms with Crippen LogP contribution in [0, 0.1) is 0 Å². The maximum absolute atomic E-state index is 11.7. The van der Waals surface area contributed by atoms with Gasteiger partial charge in [0.05, 0.1) is 12.9 Å². The normalized spacial score (nSPS) is 11.5. The van der Waals surface area contributed by atoms with Crippen LogP contribution in [0.2, 0.25) is 0 Å². The van der Waals surface area contributed by atoms with Gasteiger partial charge in [0, 0.05) is 25.4 Å². The van der Waals surface area contributed by atoms with Crippen LogP contribution in [-0.2, 0) is 16.6 Å². The number of pyridine rings is 1. The molecule has 1 aromatic rings. The van der Waals surface area contributed by atoms with E-state index in [9.17, 15) is 8.42 Å². The fourth-order valence-electron chi connectivity index (χ4n) is 1.45. The van der Waals surface area contributed by atoms with Gasteiger partial charge in [0.1, 0.15) is 0 Å². The second-order valence-corrected chi connectivity index (χ2v) is 6.02. The monoisotopic (exact) mass is 287 g/mol. The van der Waals surface area contributed by atoms with Crippen molar-refractivity contribution in [1.82, 2.24) is 15.0 Å². The summed E-state index contributed by atoms with van der Waals surface area (Å²) in [6, 6.07) is 3.46. The second kappa shape index (κ2) is 8.08. The minimum atomic E-state index is -3.25. The van der Waals surface area contributed by atoms with E-state index in [0.717, 1.165) is 18.5 Å². The zero-order valence-corrected chi connectivity index (χ0v) is 12.2. The predicted molar refractivity (Wildman–Crippen MR) is 74.6 cm³/mol. The molecule has 6 nitrogen and oxygen atoms in total. The Labute approximate surface area is 114 Å². The Kier molecular flexibility index (Phi) is 6.75. The molecule has 0 radical (unpaired) electrons. The van der Waals surface area contributed by atoms with E-state index in [1.807, 2.05) is 6.92 Å². The Morgan fingerprint density at radius 1 is 1.37 bits per heavy atom. The zero-order chi connectivity index (χ0) is 14.1. The fourth-order valence-corrected chi connectivity index (χ4v) is 2.39. The highest BCUT2D eigenvalue weighted by atomic mass is 32.2. The molecule has 0 aromatic carbocycles. The minimum absolute atomic E-state index is 0.0786. The molecule has 0 saturated heterocycles. The molecule has 1 rings (SSSR count). The fraction of sp³-hybridized carbons (Fsp3) is 0.583. The molecule has 0 amide bonds. The molecule has 0 saturated carbocycles. The lowest BCUT2D eigenvalue weighted by Gasteiger charge is -2.08. The van der Waals surface area contributed by atoms with Gasteiger partial charge in [0.25, 0.3) is 0 Å². The summed E-state index contributed by atoms with van der Waals surface area (Å²) in [6.45, 7) is 3.57. The smallest absolute Gasteiger partial charge is 0.213 e. The van der Waals surface area contributed by atoms with Crippen LogP contribution < -0.4 is 14.8 Å². The molecule has 0 bridgehead atoms. The summed E-state index contributed by atoms with van der Waals surface area (Å²) in [5, 5.41) is 3.06. The molecule has 7 heteroatoms. The van der Waals surface area contributed by atoms with Gasteiger partial charge >= 0.3 is 0 Å². The number of rotatable bonds is 9. The Balaban J connectivity index is 2.41. The maximum Gasteiger partial charge on any atom is 0.213 e. The number of sulfonamides is 1. The van der Waals surface area contributed by atoms with E-state index in [-0.39, 0.29) is 12.3 Å². The first-order valence-electron chi connectivity index (χ1n) is 6.24. The Hall–Kier alpha value is -1.18. The van der Waals surface area contributed by atoms with E-state index in [1.165, 1.54) is 7.11 Å². The molecule has 0 aliphatic carbocycles. The number of nitrogens with zero attached hydrogens (tertiary/aromatic N) is 1. The van der Waals surface area contributed by atoms with Gasteiger partial charge in [0.15, 0.2) is 0 Å². The van der Waals surface area contributed by atoms with Gasteiger partial charge in [-0.3, -0.25) is 0 Å². The number of hydrogen-bond acceptors (Lipinski definition) is 5. The third kappa shape index (κ3) is 6.51. The van der Waals surface area contributed by atoms with Crippen molar-refractivity contribution in [1.29, 1.82) is 0 Å². The van der Waals surface area contributed by atoms with Gasteiger partial charge in [-0.15, -0.1) is 0 Å². The maximum atomic E-state index is 11.7. The van der Waals surface area contributed by atoms with E-state index in [4.69, 9.17) is 4.74 Å². The van der Waals surface area contributed by atoms with Crippen LogP contribution in [0.15, 0.2) is 18.3 Å². The lowest BCUT2D eigenvalue weighted by molar-refractivity contribution is 0.397. The molecule has 0 atom stereocenters. The Morgan fingerprint density at radius 3 is 2.84 bits per heavy atom. The molecule has 0 aliphatic heterocycles. The van der Waals surface area contributed by atoms with Gasteiger partial charge in [-0.05, 0) is 24.6 Å². The highest BCUT2D eigenvalue weighted by molar-refractivity contribution is 7.89. The van der Waals surface area contributed by atoms with E-state index in [0.29, 0.717) is 12.4 Å². The van der Waals surface area contributed by atoms with Crippen LogP contribution in [-0.4, -0.2) is 39.4 Å². The van der Waals surface area contributed by atoms with Crippen LogP contribution in [0.4, 0.5) is 0 Å². The number of aromatic nitrogens is 1. The largest absolute Gasteiger partial charge is 0.481 e. The zero-order valence-electron chi connectivity index (χ0n) is 11.3. The van der Waals surface area contributed by atoms with Crippen LogP contribution in [0.5, 0.6) is 5.88 Å². The highest BCUT2D eigenvalue weighted by Crippen LogP contribution is 2.08. The van der Waals surface area contributed by atoms with Crippen molar-refractivity contribution in [2.75, 3.05) is 26.0 Å². The van der Waals surface area contributed by atoms with Crippen molar-refractivity contribution < 1.29 is 13.2 Å². The topological polar surface area (TPSA) is 80.3 Å². The average molecular weight is 287 g/mol. The predicted octanol–water partition coefficient (Wildman–Crippen LogP) is 0.509. The quantitative estimate of drug-likeness (QED) is 0.647. The molecule has 1 heterocycles. The summed E-state index contributed by atoms with van der Waals surface area (Å²) in [4.78, 5) is 3.96. The van der Waals surface area contributed by atoms with E-state index in [2.05, 4.69) is 15.0 Å². The first kappa shape index (κ1) is 15.9. The minimum Gasteiger partial charge on any atom is -0.481 e. The third-order valence-electron chi connectivity index (χ3n) is 2.48. The molecular weight excluding hydrogens is 266 g/mol. The third-order valence-corrected chi connectivity index (χ3v) is 3.80. The molecule has 108 valence electrons. The van der Waals surface area contributed by atoms with E-state index < -0.39 is 10.0 Å². The summed E-state index contributed by atoms with van der Waals surface area (Å²) in [5.74, 6) is 0.552. The van der Waals surface area contributed by atoms with E-state index in [1.54, 1.807) is 18.3 Å². The van der Waals surface area contributed by atoms with Crippen molar-refractivity contribution >= 4 is 10.0 Å². The molecule has 19 heavy (non-hydrogen) atoms. The summed E-state index contributed by atoms with van der Waals surface area (Å²) in [7, 11) is -1.73. The van der Waals surface area contributed by atoms with Crippen LogP contribution in [0.25, 0.3) is 0 Å². The van der Waals surface area contributed by atoms with Crippen LogP contribution in [0.3, 0.4) is 0 Å². The molecule has 0 unspecified atom stereocenters. The summed E-state index contributed by atoms with van der Waals surface area (Å²) in [5.41, 5.74) is 0.817. The Morgan fingerprint density at radius 2 is 2.16 bits per heavy atom. The first-order chi connectivity index (χ1) is 9.07. The van der Waals surface area contributed by atoms with Gasteiger partial charge in [-0.1, -0.05) is 6.92 Å². The van der Waals surface area contributed by atoms with Gasteiger partial charge in [0.2, 0.25) is 15.9 Å². The van der Waals surface area contributed by atoms with Crippen LogP contribution >= 0.6 is 0 Å². The number of ether oxygens (including phenoxy) is 1. The lowest BCUT2D eigenvalue weighted by Crippen LogP contribution is -2.31. The van der Waals surface area contributed by atoms with Crippen molar-refractivity contribution in [2.45, 2.75) is 19.9 Å². The SMILES string of the molecule is CCCNCCS(=O)(=O)NCc1ccnc(OC)c1. The molecule has 0 spiro atoms. The standard InChI is InChI=1S/C12H21N3O3S/c1-3-5-13-7-8-19(16,17)15-10-11-4-6-14-12(9-11)18-2/h4,6,9,13,15H,3,5,7-8,10H2,1-2H3. The summed E-state index contributed by atoms with van der Waals surface area (Å²) >= 11 is 0. The van der Waals surface area contributed by atoms with Crippen LogP contribution in [0.1, 0.15) is 18.9 Å². The molecular formula is C12H21N3O3S. The van der Waals surface area contributed by atoms with Crippen molar-refractivity contribution in [2.24, 2.45) is 0 Å². The first-order valence-corrected chi connectivity index (χ1v) is 7.89. The average Bonchev–Trinajstić information content (AvgIpc) is 2.42. The summed E-state index contributed by atoms with van der Waals surface area (Å²) in [6.07, 6.45) is 2.58. The van der Waals surface area contributed by atoms with Gasteiger partial charge < -0.3 is 10.1 Å². The Bertz CT molecular complexity index is 477.